The Balaban J connectivity index is 1.90. The van der Waals surface area contributed by atoms with E-state index in [1.807, 2.05) is 0 Å². The van der Waals surface area contributed by atoms with E-state index in [0.717, 1.165) is 43.5 Å². The number of carbonyl (C=O) groups is 1. The smallest absolute Gasteiger partial charge is 0.420 e. The van der Waals surface area contributed by atoms with Gasteiger partial charge in [-0.05, 0) is 55.2 Å². The van der Waals surface area contributed by atoms with Crippen molar-refractivity contribution in [2.45, 2.75) is 20.0 Å². The van der Waals surface area contributed by atoms with Crippen LogP contribution in [-0.2, 0) is 6.18 Å². The maximum atomic E-state index is 13.6. The minimum absolute atomic E-state index is 0.0457. The van der Waals surface area contributed by atoms with Gasteiger partial charge < -0.3 is 19.7 Å². The number of amidine groups is 1. The lowest BCUT2D eigenvalue weighted by Gasteiger charge is -2.18. The Kier molecular flexibility index (Phi) is 9.01. The second-order valence-corrected chi connectivity index (χ2v) is 8.59. The molecule has 36 heavy (non-hydrogen) atoms. The quantitative estimate of drug-likeness (QED) is 0.441. The number of likely N-dealkylation sites (N-methyl/N-ethyl adjacent to an activating group) is 1. The van der Waals surface area contributed by atoms with Gasteiger partial charge in [0, 0.05) is 18.7 Å². The van der Waals surface area contributed by atoms with E-state index in [9.17, 15) is 18.0 Å². The van der Waals surface area contributed by atoms with Crippen molar-refractivity contribution in [2.24, 2.45) is 4.99 Å². The maximum absolute atomic E-state index is 13.6. The number of thioether (sulfide) groups is 1. The predicted molar refractivity (Wildman–Crippen MR) is 133 cm³/mol. The molecular formula is C25H25F3N4O3S. The molecule has 3 rings (SSSR count). The lowest BCUT2D eigenvalue weighted by atomic mass is 10.1. The maximum Gasteiger partial charge on any atom is 0.420 e. The summed E-state index contributed by atoms with van der Waals surface area (Å²) in [7, 11) is 1.37. The summed E-state index contributed by atoms with van der Waals surface area (Å²) >= 11 is 0.944. The summed E-state index contributed by atoms with van der Waals surface area (Å²) in [6, 6.07) is 9.56. The highest BCUT2D eigenvalue weighted by molar-refractivity contribution is 8.18. The van der Waals surface area contributed by atoms with E-state index in [1.165, 1.54) is 19.2 Å². The van der Waals surface area contributed by atoms with Crippen molar-refractivity contribution in [1.29, 1.82) is 5.26 Å². The van der Waals surface area contributed by atoms with Crippen molar-refractivity contribution < 1.29 is 27.4 Å². The van der Waals surface area contributed by atoms with E-state index >= 15 is 0 Å². The van der Waals surface area contributed by atoms with Crippen LogP contribution in [0.2, 0.25) is 0 Å². The van der Waals surface area contributed by atoms with Gasteiger partial charge >= 0.3 is 11.4 Å². The second-order valence-electron chi connectivity index (χ2n) is 7.59. The first-order valence-electron chi connectivity index (χ1n) is 11.1. The van der Waals surface area contributed by atoms with Crippen molar-refractivity contribution in [3.8, 4) is 23.3 Å². The number of ether oxygens (including phenoxy) is 2. The van der Waals surface area contributed by atoms with Gasteiger partial charge in [-0.3, -0.25) is 4.79 Å². The molecule has 0 bridgehead atoms. The summed E-state index contributed by atoms with van der Waals surface area (Å²) in [6.07, 6.45) is -3.05. The van der Waals surface area contributed by atoms with E-state index in [-0.39, 0.29) is 22.3 Å². The number of rotatable bonds is 9. The van der Waals surface area contributed by atoms with Crippen molar-refractivity contribution in [3.05, 3.63) is 58.0 Å². The molecule has 1 aliphatic rings. The number of amides is 1. The Bertz CT molecular complexity index is 1220. The Morgan fingerprint density at radius 1 is 1.19 bits per heavy atom. The molecule has 2 aromatic rings. The normalized spacial score (nSPS) is 14.7. The predicted octanol–water partition coefficient (Wildman–Crippen LogP) is 5.92. The molecular weight excluding hydrogens is 493 g/mol. The molecule has 0 saturated carbocycles. The third kappa shape index (κ3) is 6.59. The van der Waals surface area contributed by atoms with Crippen molar-refractivity contribution in [2.75, 3.05) is 33.3 Å². The van der Waals surface area contributed by atoms with Gasteiger partial charge in [0.25, 0.3) is 0 Å². The molecule has 0 fully saturated rings. The van der Waals surface area contributed by atoms with Gasteiger partial charge in [-0.25, -0.2) is 0 Å². The van der Waals surface area contributed by atoms with E-state index in [4.69, 9.17) is 14.7 Å². The average Bonchev–Trinajstić information content (AvgIpc) is 3.20. The molecule has 1 amide bonds. The van der Waals surface area contributed by atoms with Crippen LogP contribution in [0.4, 0.5) is 18.0 Å². The molecule has 7 nitrogen and oxygen atoms in total. The first-order valence-corrected chi connectivity index (χ1v) is 12.0. The van der Waals surface area contributed by atoms with Gasteiger partial charge in [-0.1, -0.05) is 26.0 Å². The number of hydrogen-bond acceptors (Lipinski definition) is 7. The number of aliphatic imine (C=N–C) groups is 1. The summed E-state index contributed by atoms with van der Waals surface area (Å²) in [5, 5.41) is 11.8. The minimum Gasteiger partial charge on any atom is -0.492 e. The first-order chi connectivity index (χ1) is 17.2. The number of alkyl halides is 3. The van der Waals surface area contributed by atoms with E-state index in [1.54, 1.807) is 24.3 Å². The van der Waals surface area contributed by atoms with E-state index < -0.39 is 17.5 Å². The molecule has 1 heterocycles. The Morgan fingerprint density at radius 3 is 2.58 bits per heavy atom. The molecule has 1 N–H and O–H groups in total. The summed E-state index contributed by atoms with van der Waals surface area (Å²) in [6.45, 7) is 7.30. The molecule has 0 saturated heterocycles. The Labute approximate surface area is 211 Å². The monoisotopic (exact) mass is 518 g/mol. The number of para-hydroxylation sites is 1. The number of carbonyl (C=O) groups excluding carboxylic acids is 1. The van der Waals surface area contributed by atoms with Gasteiger partial charge in [-0.2, -0.15) is 23.4 Å². The minimum atomic E-state index is -4.72. The van der Waals surface area contributed by atoms with Crippen molar-refractivity contribution in [3.63, 3.8) is 0 Å². The first kappa shape index (κ1) is 27.1. The Morgan fingerprint density at radius 2 is 1.94 bits per heavy atom. The summed E-state index contributed by atoms with van der Waals surface area (Å²) in [5.74, 6) is 0.196. The number of nitrogens with one attached hydrogen (secondary N) is 1. The molecule has 0 aromatic heterocycles. The van der Waals surface area contributed by atoms with Crippen LogP contribution in [0.5, 0.6) is 17.2 Å². The van der Waals surface area contributed by atoms with Crippen LogP contribution in [0.15, 0.2) is 46.3 Å². The third-order valence-corrected chi connectivity index (χ3v) is 6.18. The topological polar surface area (TPSA) is 87.0 Å². The molecule has 11 heteroatoms. The zero-order chi connectivity index (χ0) is 26.3. The second kappa shape index (κ2) is 12.0. The largest absolute Gasteiger partial charge is 0.492 e. The fourth-order valence-corrected chi connectivity index (χ4v) is 4.25. The fourth-order valence-electron chi connectivity index (χ4n) is 3.52. The van der Waals surface area contributed by atoms with Gasteiger partial charge in [0.1, 0.15) is 11.6 Å². The van der Waals surface area contributed by atoms with Gasteiger partial charge in [0.05, 0.1) is 29.2 Å². The van der Waals surface area contributed by atoms with E-state index in [2.05, 4.69) is 29.1 Å². The number of nitrogens with zero attached hydrogens (tertiary/aromatic N) is 3. The lowest BCUT2D eigenvalue weighted by Crippen LogP contribution is -2.34. The van der Waals surface area contributed by atoms with E-state index in [0.29, 0.717) is 22.8 Å². The van der Waals surface area contributed by atoms with Crippen molar-refractivity contribution in [1.82, 2.24) is 10.2 Å². The third-order valence-electron chi connectivity index (χ3n) is 5.38. The lowest BCUT2D eigenvalue weighted by molar-refractivity contribution is -0.138. The molecule has 0 unspecified atom stereocenters. The van der Waals surface area contributed by atoms with Crippen molar-refractivity contribution >= 4 is 28.9 Å². The van der Waals surface area contributed by atoms with Crippen LogP contribution in [-0.4, -0.2) is 49.3 Å². The van der Waals surface area contributed by atoms with Crippen LogP contribution in [0.25, 0.3) is 6.08 Å². The van der Waals surface area contributed by atoms with Crippen LogP contribution >= 0.6 is 11.8 Å². The van der Waals surface area contributed by atoms with Gasteiger partial charge in [0.15, 0.2) is 11.5 Å². The molecule has 1 aliphatic heterocycles. The van der Waals surface area contributed by atoms with Crippen LogP contribution in [0.3, 0.4) is 0 Å². The molecule has 190 valence electrons. The molecule has 0 atom stereocenters. The fraction of sp³-hybridized carbons (Fsp3) is 0.320. The number of nitriles is 1. The zero-order valence-electron chi connectivity index (χ0n) is 20.0. The summed E-state index contributed by atoms with van der Waals surface area (Å²) < 4.78 is 51.9. The van der Waals surface area contributed by atoms with Crippen LogP contribution < -0.4 is 14.8 Å². The molecule has 0 radical (unpaired) electrons. The number of methoxy groups -OCH3 is 1. The Hall–Kier alpha value is -3.49. The van der Waals surface area contributed by atoms with Crippen LogP contribution in [0.1, 0.15) is 30.5 Å². The molecule has 0 spiro atoms. The highest BCUT2D eigenvalue weighted by Crippen LogP contribution is 2.42. The summed E-state index contributed by atoms with van der Waals surface area (Å²) in [4.78, 5) is 18.8. The SMILES string of the molecule is CCN(CC)CCNC1=NC(=O)S/C1=C\c1cccc(Oc2ccc(C#N)cc2C(F)(F)F)c1OC. The van der Waals surface area contributed by atoms with Gasteiger partial charge in [0.2, 0.25) is 0 Å². The number of halogens is 3. The van der Waals surface area contributed by atoms with Crippen LogP contribution in [0, 0.1) is 11.3 Å². The average molecular weight is 519 g/mol. The summed E-state index contributed by atoms with van der Waals surface area (Å²) in [5.41, 5.74) is -0.716. The van der Waals surface area contributed by atoms with Gasteiger partial charge in [-0.15, -0.1) is 0 Å². The highest BCUT2D eigenvalue weighted by Gasteiger charge is 2.35. The zero-order valence-corrected chi connectivity index (χ0v) is 20.8. The highest BCUT2D eigenvalue weighted by atomic mass is 32.2. The number of benzene rings is 2. The standard InChI is InChI=1S/C25H25F3N4O3S/c1-4-32(5-2)12-11-30-23-21(36-24(33)31-23)14-17-7-6-8-20(22(17)34-3)35-19-10-9-16(15-29)13-18(19)25(26,27)28/h6-10,13-14H,4-5,11-12H2,1-3H3,(H,30,31,33)/b21-14-. The number of hydrogen-bond donors (Lipinski definition) is 1. The molecule has 2 aromatic carbocycles. The molecule has 0 aliphatic carbocycles.